The summed E-state index contributed by atoms with van der Waals surface area (Å²) in [6, 6.07) is 6.29. The van der Waals surface area contributed by atoms with Crippen LogP contribution in [0.5, 0.6) is 5.75 Å². The van der Waals surface area contributed by atoms with Crippen LogP contribution in [0.15, 0.2) is 47.0 Å². The lowest BCUT2D eigenvalue weighted by atomic mass is 10.2. The topological polar surface area (TPSA) is 57.3 Å². The van der Waals surface area contributed by atoms with E-state index in [-0.39, 0.29) is 28.9 Å². The van der Waals surface area contributed by atoms with E-state index in [1.165, 1.54) is 29.1 Å². The summed E-state index contributed by atoms with van der Waals surface area (Å²) in [4.78, 5) is 12.0. The quantitative estimate of drug-likeness (QED) is 0.470. The highest BCUT2D eigenvalue weighted by Crippen LogP contribution is 2.20. The molecule has 0 unspecified atom stereocenters. The number of benzene rings is 1. The van der Waals surface area contributed by atoms with Crippen molar-refractivity contribution in [1.29, 1.82) is 0 Å². The molecule has 0 fully saturated rings. The maximum absolute atomic E-state index is 13.5. The second kappa shape index (κ2) is 7.53. The molecule has 0 aliphatic carbocycles. The van der Waals surface area contributed by atoms with Gasteiger partial charge in [0.05, 0.1) is 5.02 Å². The van der Waals surface area contributed by atoms with E-state index in [1.807, 2.05) is 0 Å². The molecule has 26 heavy (non-hydrogen) atoms. The van der Waals surface area contributed by atoms with Crippen LogP contribution in [0.4, 0.5) is 8.78 Å². The number of allylic oxidation sites excluding steroid dienone is 1. The minimum atomic E-state index is -0.797. The first-order valence-electron chi connectivity index (χ1n) is 7.50. The van der Waals surface area contributed by atoms with Crippen LogP contribution in [-0.4, -0.2) is 15.6 Å². The van der Waals surface area contributed by atoms with E-state index in [1.54, 1.807) is 19.2 Å². The average molecular weight is 379 g/mol. The summed E-state index contributed by atoms with van der Waals surface area (Å²) in [6.45, 7) is -0.0452. The van der Waals surface area contributed by atoms with Crippen LogP contribution >= 0.6 is 11.6 Å². The van der Waals surface area contributed by atoms with E-state index < -0.39 is 11.6 Å². The van der Waals surface area contributed by atoms with Crippen molar-refractivity contribution >= 4 is 23.5 Å². The largest absolute Gasteiger partial charge is 0.483 e. The van der Waals surface area contributed by atoms with Crippen molar-refractivity contribution in [3.05, 3.63) is 76.5 Å². The molecule has 1 aromatic carbocycles. The maximum Gasteiger partial charge on any atom is 0.207 e. The fourth-order valence-corrected chi connectivity index (χ4v) is 2.44. The predicted octanol–water partition coefficient (Wildman–Crippen LogP) is 4.42. The number of ether oxygens (including phenoxy) is 1. The van der Waals surface area contributed by atoms with E-state index >= 15 is 0 Å². The zero-order chi connectivity index (χ0) is 18.7. The lowest BCUT2D eigenvalue weighted by Crippen LogP contribution is -1.98. The van der Waals surface area contributed by atoms with E-state index in [9.17, 15) is 13.6 Å². The summed E-state index contributed by atoms with van der Waals surface area (Å²) in [5.41, 5.74) is 0.146. The average Bonchev–Trinajstić information content (AvgIpc) is 3.18. The molecule has 0 bridgehead atoms. The minimum absolute atomic E-state index is 0.0452. The van der Waals surface area contributed by atoms with Crippen LogP contribution in [0.2, 0.25) is 5.02 Å². The van der Waals surface area contributed by atoms with Crippen molar-refractivity contribution in [1.82, 2.24) is 9.78 Å². The molecule has 3 rings (SSSR count). The third-order valence-corrected chi connectivity index (χ3v) is 3.64. The number of hydrogen-bond acceptors (Lipinski definition) is 4. The predicted molar refractivity (Wildman–Crippen MR) is 91.0 cm³/mol. The normalized spacial score (nSPS) is 11.2. The molecule has 0 saturated carbocycles. The van der Waals surface area contributed by atoms with Crippen LogP contribution in [0.1, 0.15) is 22.0 Å². The SMILES string of the molecule is Cn1cc(Cl)c(C(=O)C=Cc2ccc(COc3ccc(F)cc3F)o2)n1. The summed E-state index contributed by atoms with van der Waals surface area (Å²) < 4.78 is 38.5. The van der Waals surface area contributed by atoms with Gasteiger partial charge in [-0.25, -0.2) is 8.78 Å². The van der Waals surface area contributed by atoms with Crippen molar-refractivity contribution in [2.75, 3.05) is 0 Å². The fraction of sp³-hybridized carbons (Fsp3) is 0.111. The molecule has 0 N–H and O–H groups in total. The van der Waals surface area contributed by atoms with Gasteiger partial charge in [0, 0.05) is 19.3 Å². The Morgan fingerprint density at radius 3 is 2.85 bits per heavy atom. The van der Waals surface area contributed by atoms with E-state index in [4.69, 9.17) is 20.8 Å². The van der Waals surface area contributed by atoms with E-state index in [0.29, 0.717) is 11.5 Å². The third-order valence-electron chi connectivity index (χ3n) is 3.36. The first-order chi connectivity index (χ1) is 12.4. The Labute approximate surface area is 152 Å². The molecule has 2 heterocycles. The molecular weight excluding hydrogens is 366 g/mol. The number of ketones is 1. The zero-order valence-electron chi connectivity index (χ0n) is 13.6. The number of hydrogen-bond donors (Lipinski definition) is 0. The van der Waals surface area contributed by atoms with Crippen molar-refractivity contribution in [2.45, 2.75) is 6.61 Å². The third kappa shape index (κ3) is 4.18. The van der Waals surface area contributed by atoms with Crippen LogP contribution in [0.25, 0.3) is 6.08 Å². The van der Waals surface area contributed by atoms with E-state index in [2.05, 4.69) is 5.10 Å². The standard InChI is InChI=1S/C18H13ClF2N2O3/c1-23-9-14(19)18(22-23)16(24)6-5-12-3-4-13(26-12)10-25-17-7-2-11(20)8-15(17)21/h2-9H,10H2,1H3. The highest BCUT2D eigenvalue weighted by atomic mass is 35.5. The van der Waals surface area contributed by atoms with Gasteiger partial charge in [0.2, 0.25) is 5.78 Å². The first-order valence-corrected chi connectivity index (χ1v) is 7.88. The highest BCUT2D eigenvalue weighted by Gasteiger charge is 2.12. The second-order valence-corrected chi connectivity index (χ2v) is 5.77. The molecule has 3 aromatic rings. The molecule has 2 aromatic heterocycles. The van der Waals surface area contributed by atoms with Gasteiger partial charge < -0.3 is 9.15 Å². The molecule has 0 radical (unpaired) electrons. The Morgan fingerprint density at radius 2 is 2.15 bits per heavy atom. The van der Waals surface area contributed by atoms with E-state index in [0.717, 1.165) is 12.1 Å². The number of carbonyl (C=O) groups excluding carboxylic acids is 1. The Balaban J connectivity index is 1.62. The van der Waals surface area contributed by atoms with Gasteiger partial charge in [-0.2, -0.15) is 5.10 Å². The van der Waals surface area contributed by atoms with Crippen molar-refractivity contribution in [3.63, 3.8) is 0 Å². The molecule has 0 saturated heterocycles. The van der Waals surface area contributed by atoms with Gasteiger partial charge in [-0.05, 0) is 36.4 Å². The van der Waals surface area contributed by atoms with Crippen molar-refractivity contribution in [2.24, 2.45) is 7.05 Å². The van der Waals surface area contributed by atoms with Crippen LogP contribution in [-0.2, 0) is 13.7 Å². The number of aromatic nitrogens is 2. The minimum Gasteiger partial charge on any atom is -0.483 e. The molecular formula is C18H13ClF2N2O3. The van der Waals surface area contributed by atoms with Gasteiger partial charge in [0.25, 0.3) is 0 Å². The number of nitrogens with zero attached hydrogens (tertiary/aromatic N) is 2. The summed E-state index contributed by atoms with van der Waals surface area (Å²) in [6.07, 6.45) is 4.28. The van der Waals surface area contributed by atoms with Crippen LogP contribution < -0.4 is 4.74 Å². The van der Waals surface area contributed by atoms with Gasteiger partial charge in [-0.1, -0.05) is 11.6 Å². The van der Waals surface area contributed by atoms with Gasteiger partial charge in [0.1, 0.15) is 23.9 Å². The number of carbonyl (C=O) groups is 1. The Kier molecular flexibility index (Phi) is 5.18. The molecule has 5 nitrogen and oxygen atoms in total. The fourth-order valence-electron chi connectivity index (χ4n) is 2.17. The summed E-state index contributed by atoms with van der Waals surface area (Å²) >= 11 is 5.92. The monoisotopic (exact) mass is 378 g/mol. The maximum atomic E-state index is 13.5. The number of aryl methyl sites for hydroxylation is 1. The highest BCUT2D eigenvalue weighted by molar-refractivity contribution is 6.34. The molecule has 0 spiro atoms. The number of halogens is 3. The van der Waals surface area contributed by atoms with Gasteiger partial charge in [-0.15, -0.1) is 0 Å². The first kappa shape index (κ1) is 17.9. The van der Waals surface area contributed by atoms with Crippen molar-refractivity contribution in [3.8, 4) is 5.75 Å². The zero-order valence-corrected chi connectivity index (χ0v) is 14.3. The van der Waals surface area contributed by atoms with Gasteiger partial charge in [-0.3, -0.25) is 9.48 Å². The van der Waals surface area contributed by atoms with Crippen molar-refractivity contribution < 1.29 is 22.7 Å². The van der Waals surface area contributed by atoms with Gasteiger partial charge >= 0.3 is 0 Å². The molecule has 0 aliphatic rings. The summed E-state index contributed by atoms with van der Waals surface area (Å²) in [5, 5.41) is 4.24. The summed E-state index contributed by atoms with van der Waals surface area (Å²) in [7, 11) is 1.66. The van der Waals surface area contributed by atoms with Crippen LogP contribution in [0, 0.1) is 11.6 Å². The Bertz CT molecular complexity index is 979. The number of furan rings is 1. The lowest BCUT2D eigenvalue weighted by Gasteiger charge is -2.05. The molecule has 8 heteroatoms. The number of rotatable bonds is 6. The molecule has 0 atom stereocenters. The Hall–Kier alpha value is -2.93. The summed E-state index contributed by atoms with van der Waals surface area (Å²) in [5.74, 6) is -1.11. The lowest BCUT2D eigenvalue weighted by molar-refractivity contribution is 0.104. The molecule has 0 amide bonds. The smallest absolute Gasteiger partial charge is 0.207 e. The molecule has 0 aliphatic heterocycles. The molecule has 134 valence electrons. The Morgan fingerprint density at radius 1 is 1.35 bits per heavy atom. The van der Waals surface area contributed by atoms with Crippen LogP contribution in [0.3, 0.4) is 0 Å². The second-order valence-electron chi connectivity index (χ2n) is 5.36. The van der Waals surface area contributed by atoms with Gasteiger partial charge in [0.15, 0.2) is 17.3 Å².